The summed E-state index contributed by atoms with van der Waals surface area (Å²) >= 11 is 1.43. The van der Waals surface area contributed by atoms with Gasteiger partial charge in [0, 0.05) is 25.8 Å². The molecule has 1 aliphatic rings. The first-order chi connectivity index (χ1) is 14.3. The van der Waals surface area contributed by atoms with E-state index in [9.17, 15) is 4.79 Å². The second-order valence-electron chi connectivity index (χ2n) is 6.70. The molecule has 0 fully saturated rings. The van der Waals surface area contributed by atoms with Crippen molar-refractivity contribution in [2.75, 3.05) is 25.7 Å². The van der Waals surface area contributed by atoms with E-state index < -0.39 is 0 Å². The highest BCUT2D eigenvalue weighted by Crippen LogP contribution is 2.38. The standard InChI is InChI=1S/C21H23N5O2S/c1-28-14-8-13-22-20(27)18-17(15-9-4-2-5-10-15)25-26-19(23-24-21(26)29-18)16-11-6-3-7-12-16/h2-7,9-12,17-18,25H,8,13-14H2,1H3,(H,22,27)/t17-,18+/m1/s1. The maximum atomic E-state index is 13.0. The molecule has 0 saturated carbocycles. The second kappa shape index (κ2) is 9.11. The number of carbonyl (C=O) groups excluding carboxylic acids is 1. The van der Waals surface area contributed by atoms with Crippen LogP contribution in [0.25, 0.3) is 11.4 Å². The Hall–Kier alpha value is -2.84. The van der Waals surface area contributed by atoms with Crippen molar-refractivity contribution in [1.82, 2.24) is 20.2 Å². The van der Waals surface area contributed by atoms with Gasteiger partial charge in [-0.15, -0.1) is 10.2 Å². The van der Waals surface area contributed by atoms with Crippen LogP contribution in [0.15, 0.2) is 65.8 Å². The molecule has 2 N–H and O–H groups in total. The maximum absolute atomic E-state index is 13.0. The fourth-order valence-corrected chi connectivity index (χ4v) is 4.37. The average molecular weight is 410 g/mol. The molecule has 2 aromatic carbocycles. The van der Waals surface area contributed by atoms with Crippen molar-refractivity contribution in [3.8, 4) is 11.4 Å². The van der Waals surface area contributed by atoms with Crippen LogP contribution < -0.4 is 10.7 Å². The fraction of sp³-hybridized carbons (Fsp3) is 0.286. The summed E-state index contributed by atoms with van der Waals surface area (Å²) in [6.45, 7) is 1.19. The predicted octanol–water partition coefficient (Wildman–Crippen LogP) is 2.86. The van der Waals surface area contributed by atoms with Gasteiger partial charge in [-0.05, 0) is 12.0 Å². The zero-order valence-corrected chi connectivity index (χ0v) is 16.9. The minimum absolute atomic E-state index is 0.0250. The monoisotopic (exact) mass is 409 g/mol. The Bertz CT molecular complexity index is 948. The average Bonchev–Trinajstić information content (AvgIpc) is 3.20. The van der Waals surface area contributed by atoms with E-state index in [0.717, 1.165) is 23.4 Å². The fourth-order valence-electron chi connectivity index (χ4n) is 3.27. The molecule has 7 nitrogen and oxygen atoms in total. The predicted molar refractivity (Wildman–Crippen MR) is 113 cm³/mol. The van der Waals surface area contributed by atoms with Crippen molar-refractivity contribution in [3.63, 3.8) is 0 Å². The van der Waals surface area contributed by atoms with Gasteiger partial charge in [0.1, 0.15) is 5.25 Å². The number of aromatic nitrogens is 3. The van der Waals surface area contributed by atoms with Gasteiger partial charge in [0.25, 0.3) is 0 Å². The SMILES string of the molecule is COCCCNC(=O)[C@H]1Sc2nnc(-c3ccccc3)n2N[C@@H]1c1ccccc1. The van der Waals surface area contributed by atoms with Crippen LogP contribution in [0, 0.1) is 0 Å². The highest BCUT2D eigenvalue weighted by Gasteiger charge is 2.37. The number of ether oxygens (including phenoxy) is 1. The van der Waals surface area contributed by atoms with E-state index in [4.69, 9.17) is 4.74 Å². The summed E-state index contributed by atoms with van der Waals surface area (Å²) in [5.74, 6) is 0.705. The molecule has 0 radical (unpaired) electrons. The number of fused-ring (bicyclic) bond motifs is 1. The van der Waals surface area contributed by atoms with Crippen LogP contribution in [-0.4, -0.2) is 46.3 Å². The van der Waals surface area contributed by atoms with E-state index in [2.05, 4.69) is 20.9 Å². The summed E-state index contributed by atoms with van der Waals surface area (Å²) in [6, 6.07) is 19.7. The molecule has 1 aliphatic heterocycles. The minimum Gasteiger partial charge on any atom is -0.385 e. The van der Waals surface area contributed by atoms with Crippen molar-refractivity contribution < 1.29 is 9.53 Å². The van der Waals surface area contributed by atoms with Gasteiger partial charge in [0.05, 0.1) is 6.04 Å². The zero-order valence-electron chi connectivity index (χ0n) is 16.1. The second-order valence-corrected chi connectivity index (χ2v) is 7.81. The van der Waals surface area contributed by atoms with Crippen LogP contribution in [-0.2, 0) is 9.53 Å². The molecule has 2 heterocycles. The zero-order chi connectivity index (χ0) is 20.1. The molecule has 0 saturated heterocycles. The number of amides is 1. The molecule has 29 heavy (non-hydrogen) atoms. The van der Waals surface area contributed by atoms with Crippen molar-refractivity contribution in [2.24, 2.45) is 0 Å². The minimum atomic E-state index is -0.361. The smallest absolute Gasteiger partial charge is 0.236 e. The topological polar surface area (TPSA) is 81.1 Å². The summed E-state index contributed by atoms with van der Waals surface area (Å²) in [7, 11) is 1.66. The lowest BCUT2D eigenvalue weighted by Gasteiger charge is -2.33. The number of thioether (sulfide) groups is 1. The largest absolute Gasteiger partial charge is 0.385 e. The number of hydrogen-bond donors (Lipinski definition) is 2. The summed E-state index contributed by atoms with van der Waals surface area (Å²) in [4.78, 5) is 13.0. The molecule has 4 rings (SSSR count). The first kappa shape index (κ1) is 19.5. The lowest BCUT2D eigenvalue weighted by molar-refractivity contribution is -0.121. The normalized spacial score (nSPS) is 18.0. The number of nitrogens with one attached hydrogen (secondary N) is 2. The quantitative estimate of drug-likeness (QED) is 0.584. The van der Waals surface area contributed by atoms with E-state index in [1.807, 2.05) is 65.3 Å². The molecule has 8 heteroatoms. The van der Waals surface area contributed by atoms with Gasteiger partial charge in [-0.1, -0.05) is 72.4 Å². The van der Waals surface area contributed by atoms with Gasteiger partial charge in [-0.3, -0.25) is 4.79 Å². The van der Waals surface area contributed by atoms with Crippen molar-refractivity contribution in [2.45, 2.75) is 22.9 Å². The summed E-state index contributed by atoms with van der Waals surface area (Å²) < 4.78 is 6.94. The maximum Gasteiger partial charge on any atom is 0.236 e. The Balaban J connectivity index is 1.62. The number of benzene rings is 2. The summed E-state index contributed by atoms with van der Waals surface area (Å²) in [5.41, 5.74) is 5.48. The van der Waals surface area contributed by atoms with E-state index in [1.54, 1.807) is 7.11 Å². The Labute approximate surface area is 173 Å². The molecule has 3 aromatic rings. The number of nitrogens with zero attached hydrogens (tertiary/aromatic N) is 3. The summed E-state index contributed by atoms with van der Waals surface area (Å²) in [6.07, 6.45) is 0.775. The molecule has 150 valence electrons. The van der Waals surface area contributed by atoms with Crippen LogP contribution in [0.3, 0.4) is 0 Å². The number of methoxy groups -OCH3 is 1. The van der Waals surface area contributed by atoms with Crippen molar-refractivity contribution >= 4 is 17.7 Å². The third-order valence-corrected chi connectivity index (χ3v) is 5.93. The van der Waals surface area contributed by atoms with Gasteiger partial charge < -0.3 is 15.5 Å². The van der Waals surface area contributed by atoms with Crippen LogP contribution in [0.1, 0.15) is 18.0 Å². The molecule has 1 aromatic heterocycles. The molecule has 0 unspecified atom stereocenters. The van der Waals surface area contributed by atoms with Gasteiger partial charge in [0.15, 0.2) is 5.82 Å². The number of carbonyl (C=O) groups is 1. The molecular formula is C21H23N5O2S. The summed E-state index contributed by atoms with van der Waals surface area (Å²) in [5, 5.41) is 12.0. The van der Waals surface area contributed by atoms with Gasteiger partial charge in [-0.25, -0.2) is 4.68 Å². The van der Waals surface area contributed by atoms with E-state index in [-0.39, 0.29) is 17.2 Å². The van der Waals surface area contributed by atoms with Gasteiger partial charge in [0.2, 0.25) is 11.1 Å². The molecule has 0 aliphatic carbocycles. The molecule has 2 atom stereocenters. The first-order valence-electron chi connectivity index (χ1n) is 9.53. The molecular weight excluding hydrogens is 386 g/mol. The van der Waals surface area contributed by atoms with E-state index in [1.165, 1.54) is 11.8 Å². The van der Waals surface area contributed by atoms with E-state index >= 15 is 0 Å². The van der Waals surface area contributed by atoms with Crippen LogP contribution >= 0.6 is 11.8 Å². The Kier molecular flexibility index (Phi) is 6.12. The van der Waals surface area contributed by atoms with Crippen LogP contribution in [0.2, 0.25) is 0 Å². The van der Waals surface area contributed by atoms with E-state index in [0.29, 0.717) is 18.3 Å². The Morgan fingerprint density at radius 3 is 2.59 bits per heavy atom. The Morgan fingerprint density at radius 2 is 1.86 bits per heavy atom. The Morgan fingerprint density at radius 1 is 1.14 bits per heavy atom. The molecule has 0 bridgehead atoms. The number of hydrogen-bond acceptors (Lipinski definition) is 6. The van der Waals surface area contributed by atoms with Gasteiger partial charge >= 0.3 is 0 Å². The van der Waals surface area contributed by atoms with Crippen molar-refractivity contribution in [1.29, 1.82) is 0 Å². The third-order valence-electron chi connectivity index (χ3n) is 4.71. The van der Waals surface area contributed by atoms with Crippen molar-refractivity contribution in [3.05, 3.63) is 66.2 Å². The van der Waals surface area contributed by atoms with Crippen LogP contribution in [0.5, 0.6) is 0 Å². The highest BCUT2D eigenvalue weighted by atomic mass is 32.2. The molecule has 0 spiro atoms. The highest BCUT2D eigenvalue weighted by molar-refractivity contribution is 8.00. The first-order valence-corrected chi connectivity index (χ1v) is 10.4. The lowest BCUT2D eigenvalue weighted by atomic mass is 10.0. The lowest BCUT2D eigenvalue weighted by Crippen LogP contribution is -2.44. The third kappa shape index (κ3) is 4.28. The number of rotatable bonds is 7. The van der Waals surface area contributed by atoms with Crippen LogP contribution in [0.4, 0.5) is 0 Å². The van der Waals surface area contributed by atoms with Gasteiger partial charge in [-0.2, -0.15) is 0 Å². The molecule has 1 amide bonds.